The molecule has 0 saturated heterocycles. The summed E-state index contributed by atoms with van der Waals surface area (Å²) in [6, 6.07) is 7.39. The van der Waals surface area contributed by atoms with E-state index < -0.39 is 0 Å². The van der Waals surface area contributed by atoms with E-state index in [1.165, 1.54) is 29.7 Å². The minimum Gasteiger partial charge on any atom is -0.312 e. The highest BCUT2D eigenvalue weighted by Crippen LogP contribution is 2.26. The number of rotatable bonds is 4. The van der Waals surface area contributed by atoms with E-state index in [1.54, 1.807) is 22.5 Å². The van der Waals surface area contributed by atoms with Crippen LogP contribution < -0.4 is 5.32 Å². The number of nitrogens with one attached hydrogen (secondary N) is 1. The van der Waals surface area contributed by atoms with Crippen molar-refractivity contribution < 1.29 is 0 Å². The maximum absolute atomic E-state index is 4.17. The smallest absolute Gasteiger partial charge is 0.0794 e. The summed E-state index contributed by atoms with van der Waals surface area (Å²) in [5.41, 5.74) is 6.45. The van der Waals surface area contributed by atoms with Gasteiger partial charge in [-0.15, -0.1) is 11.3 Å². The van der Waals surface area contributed by atoms with Crippen LogP contribution in [0.2, 0.25) is 0 Å². The molecular formula is C15H18N2S. The van der Waals surface area contributed by atoms with E-state index in [0.29, 0.717) is 6.04 Å². The third-order valence-corrected chi connectivity index (χ3v) is 4.64. The molecule has 1 aromatic carbocycles. The number of fused-ring (bicyclic) bond motifs is 1. The Balaban J connectivity index is 1.79. The summed E-state index contributed by atoms with van der Waals surface area (Å²) in [6.45, 7) is 0. The van der Waals surface area contributed by atoms with Crippen LogP contribution in [-0.2, 0) is 19.3 Å². The second kappa shape index (κ2) is 5.21. The molecule has 94 valence electrons. The molecule has 18 heavy (non-hydrogen) atoms. The van der Waals surface area contributed by atoms with Crippen LogP contribution >= 0.6 is 11.3 Å². The molecule has 0 spiro atoms. The fourth-order valence-electron chi connectivity index (χ4n) is 2.73. The highest BCUT2D eigenvalue weighted by molar-refractivity contribution is 7.09. The molecule has 0 fully saturated rings. The normalized spacial score (nSPS) is 15.6. The Hall–Kier alpha value is -1.19. The van der Waals surface area contributed by atoms with E-state index in [2.05, 4.69) is 28.5 Å². The summed E-state index contributed by atoms with van der Waals surface area (Å²) in [7, 11) is 2.03. The molecule has 3 heteroatoms. The third-order valence-electron chi connectivity index (χ3n) is 3.75. The third kappa shape index (κ3) is 2.33. The van der Waals surface area contributed by atoms with Crippen molar-refractivity contribution in [3.05, 3.63) is 51.5 Å². The molecule has 2 nitrogen and oxygen atoms in total. The van der Waals surface area contributed by atoms with E-state index in [9.17, 15) is 0 Å². The molecule has 1 unspecified atom stereocenters. The minimum absolute atomic E-state index is 0.386. The van der Waals surface area contributed by atoms with Crippen LogP contribution in [0.3, 0.4) is 0 Å². The standard InChI is InChI=1S/C15H18N2S/c1-16-14(15-9-17-10-18-15)8-11-5-6-12-3-2-4-13(12)7-11/h5-7,9-10,14,16H,2-4,8H2,1H3. The van der Waals surface area contributed by atoms with Crippen molar-refractivity contribution in [1.82, 2.24) is 10.3 Å². The number of benzene rings is 1. The molecule has 0 aliphatic heterocycles. The number of likely N-dealkylation sites (N-methyl/N-ethyl adjacent to an activating group) is 1. The van der Waals surface area contributed by atoms with Crippen LogP contribution in [0.25, 0.3) is 0 Å². The topological polar surface area (TPSA) is 24.9 Å². The summed E-state index contributed by atoms with van der Waals surface area (Å²) in [5, 5.41) is 3.39. The number of hydrogen-bond donors (Lipinski definition) is 1. The maximum Gasteiger partial charge on any atom is 0.0794 e. The summed E-state index contributed by atoms with van der Waals surface area (Å²) in [5.74, 6) is 0. The molecule has 2 aromatic rings. The van der Waals surface area contributed by atoms with Gasteiger partial charge in [0, 0.05) is 17.1 Å². The molecule has 1 aliphatic rings. The number of aryl methyl sites for hydroxylation is 2. The first-order valence-electron chi connectivity index (χ1n) is 6.53. The molecule has 1 aliphatic carbocycles. The van der Waals surface area contributed by atoms with Gasteiger partial charge in [-0.1, -0.05) is 18.2 Å². The van der Waals surface area contributed by atoms with Gasteiger partial charge in [0.1, 0.15) is 0 Å². The summed E-state index contributed by atoms with van der Waals surface area (Å²) in [4.78, 5) is 5.49. The SMILES string of the molecule is CNC(Cc1ccc2c(c1)CCC2)c1cncs1. The lowest BCUT2D eigenvalue weighted by Gasteiger charge is -2.14. The number of thiazole rings is 1. The first-order chi connectivity index (χ1) is 8.86. The lowest BCUT2D eigenvalue weighted by atomic mass is 10.0. The Labute approximate surface area is 112 Å². The highest BCUT2D eigenvalue weighted by atomic mass is 32.1. The highest BCUT2D eigenvalue weighted by Gasteiger charge is 2.15. The van der Waals surface area contributed by atoms with E-state index in [1.807, 2.05) is 18.8 Å². The van der Waals surface area contributed by atoms with E-state index in [-0.39, 0.29) is 0 Å². The zero-order chi connectivity index (χ0) is 12.4. The van der Waals surface area contributed by atoms with Gasteiger partial charge < -0.3 is 5.32 Å². The zero-order valence-corrected chi connectivity index (χ0v) is 11.5. The van der Waals surface area contributed by atoms with E-state index >= 15 is 0 Å². The Morgan fingerprint density at radius 3 is 3.00 bits per heavy atom. The van der Waals surface area contributed by atoms with E-state index in [0.717, 1.165) is 6.42 Å². The molecule has 0 saturated carbocycles. The van der Waals surface area contributed by atoms with Gasteiger partial charge in [-0.2, -0.15) is 0 Å². The van der Waals surface area contributed by atoms with Crippen LogP contribution in [-0.4, -0.2) is 12.0 Å². The average molecular weight is 258 g/mol. The van der Waals surface area contributed by atoms with Crippen molar-refractivity contribution in [2.45, 2.75) is 31.7 Å². The molecule has 0 bridgehead atoms. The molecule has 0 radical (unpaired) electrons. The largest absolute Gasteiger partial charge is 0.312 e. The van der Waals surface area contributed by atoms with Crippen molar-refractivity contribution in [1.29, 1.82) is 0 Å². The van der Waals surface area contributed by atoms with Gasteiger partial charge in [0.05, 0.1) is 5.51 Å². The van der Waals surface area contributed by atoms with E-state index in [4.69, 9.17) is 0 Å². The molecule has 0 amide bonds. The van der Waals surface area contributed by atoms with Gasteiger partial charge >= 0.3 is 0 Å². The molecule has 1 aromatic heterocycles. The van der Waals surface area contributed by atoms with Crippen LogP contribution in [0, 0.1) is 0 Å². The lowest BCUT2D eigenvalue weighted by Crippen LogP contribution is -2.17. The predicted molar refractivity (Wildman–Crippen MR) is 76.1 cm³/mol. The van der Waals surface area contributed by atoms with Gasteiger partial charge in [0.2, 0.25) is 0 Å². The zero-order valence-electron chi connectivity index (χ0n) is 10.6. The monoisotopic (exact) mass is 258 g/mol. The molecular weight excluding hydrogens is 240 g/mol. The van der Waals surface area contributed by atoms with Crippen LogP contribution in [0.5, 0.6) is 0 Å². The van der Waals surface area contributed by atoms with Gasteiger partial charge in [-0.25, -0.2) is 0 Å². The van der Waals surface area contributed by atoms with Crippen molar-refractivity contribution >= 4 is 11.3 Å². The Kier molecular flexibility index (Phi) is 3.43. The van der Waals surface area contributed by atoms with Gasteiger partial charge in [-0.3, -0.25) is 4.98 Å². The summed E-state index contributed by atoms with van der Waals surface area (Å²) >= 11 is 1.73. The van der Waals surface area contributed by atoms with Crippen LogP contribution in [0.15, 0.2) is 29.9 Å². The van der Waals surface area contributed by atoms with Gasteiger partial charge in [0.15, 0.2) is 0 Å². The second-order valence-corrected chi connectivity index (χ2v) is 5.82. The summed E-state index contributed by atoms with van der Waals surface area (Å²) < 4.78 is 0. The van der Waals surface area contributed by atoms with Crippen LogP contribution in [0.1, 0.15) is 34.0 Å². The Morgan fingerprint density at radius 2 is 2.22 bits per heavy atom. The fraction of sp³-hybridized carbons (Fsp3) is 0.400. The number of hydrogen-bond acceptors (Lipinski definition) is 3. The molecule has 1 N–H and O–H groups in total. The maximum atomic E-state index is 4.17. The lowest BCUT2D eigenvalue weighted by molar-refractivity contribution is 0.601. The summed E-state index contributed by atoms with van der Waals surface area (Å²) in [6.07, 6.45) is 6.86. The number of nitrogens with zero attached hydrogens (tertiary/aromatic N) is 1. The van der Waals surface area contributed by atoms with Gasteiger partial charge in [-0.05, 0) is 49.4 Å². The van der Waals surface area contributed by atoms with Crippen molar-refractivity contribution in [3.63, 3.8) is 0 Å². The Morgan fingerprint density at radius 1 is 1.33 bits per heavy atom. The molecule has 3 rings (SSSR count). The first-order valence-corrected chi connectivity index (χ1v) is 7.41. The van der Waals surface area contributed by atoms with Crippen molar-refractivity contribution in [2.75, 3.05) is 7.05 Å². The Bertz CT molecular complexity index is 519. The second-order valence-electron chi connectivity index (χ2n) is 4.91. The molecule has 1 heterocycles. The van der Waals surface area contributed by atoms with Crippen molar-refractivity contribution in [2.24, 2.45) is 0 Å². The van der Waals surface area contributed by atoms with Gasteiger partial charge in [0.25, 0.3) is 0 Å². The fourth-order valence-corrected chi connectivity index (χ4v) is 3.46. The predicted octanol–water partition coefficient (Wildman–Crippen LogP) is 3.14. The van der Waals surface area contributed by atoms with Crippen molar-refractivity contribution in [3.8, 4) is 0 Å². The molecule has 1 atom stereocenters. The van der Waals surface area contributed by atoms with Crippen LogP contribution in [0.4, 0.5) is 0 Å². The minimum atomic E-state index is 0.386. The first kappa shape index (κ1) is 11.9. The average Bonchev–Trinajstić information content (AvgIpc) is 3.06. The quantitative estimate of drug-likeness (QED) is 0.911. The number of aromatic nitrogens is 1.